The predicted octanol–water partition coefficient (Wildman–Crippen LogP) is 6.41. The maximum absolute atomic E-state index is 14.6. The number of rotatable bonds is 6. The van der Waals surface area contributed by atoms with Crippen molar-refractivity contribution in [3.8, 4) is 17.1 Å². The lowest BCUT2D eigenvalue weighted by Gasteiger charge is -2.36. The Morgan fingerprint density at radius 2 is 1.64 bits per heavy atom. The molecule has 2 aliphatic rings. The number of nitrogens with one attached hydrogen (secondary N) is 1. The van der Waals surface area contributed by atoms with E-state index in [4.69, 9.17) is 14.5 Å². The van der Waals surface area contributed by atoms with Gasteiger partial charge in [0.05, 0.1) is 28.9 Å². The number of nitrogens with zero attached hydrogens (tertiary/aromatic N) is 5. The summed E-state index contributed by atoms with van der Waals surface area (Å²) < 4.78 is 42.0. The van der Waals surface area contributed by atoms with Crippen LogP contribution >= 0.6 is 0 Å². The molecule has 4 heterocycles. The van der Waals surface area contributed by atoms with Gasteiger partial charge in [-0.05, 0) is 80.0 Å². The summed E-state index contributed by atoms with van der Waals surface area (Å²) in [6, 6.07) is 19.5. The van der Waals surface area contributed by atoms with Crippen molar-refractivity contribution in [2.75, 3.05) is 36.5 Å². The minimum absolute atomic E-state index is 0.0725. The molecule has 4 bridgehead atoms. The fourth-order valence-electron chi connectivity index (χ4n) is 6.73. The Kier molecular flexibility index (Phi) is 10.1. The number of anilines is 2. The lowest BCUT2D eigenvalue weighted by molar-refractivity contribution is 0.0509. The van der Waals surface area contributed by atoms with Crippen LogP contribution in [0.25, 0.3) is 11.3 Å². The molecule has 11 nitrogen and oxygen atoms in total. The Bertz CT molecular complexity index is 1950. The molecule has 2 aromatic carbocycles. The van der Waals surface area contributed by atoms with Gasteiger partial charge in [-0.15, -0.1) is 0 Å². The summed E-state index contributed by atoms with van der Waals surface area (Å²) in [7, 11) is -2.13. The van der Waals surface area contributed by atoms with E-state index in [1.165, 1.54) is 12.1 Å². The zero-order valence-corrected chi connectivity index (χ0v) is 30.5. The molecule has 6 rings (SSSR count). The van der Waals surface area contributed by atoms with Crippen molar-refractivity contribution in [2.24, 2.45) is 5.41 Å². The van der Waals surface area contributed by atoms with Crippen LogP contribution in [0, 0.1) is 19.3 Å². The molecule has 1 amide bonds. The molecule has 0 unspecified atom stereocenters. The number of fused-ring (bicyclic) bond motifs is 4. The van der Waals surface area contributed by atoms with Crippen LogP contribution in [0.5, 0.6) is 5.88 Å². The number of benzene rings is 2. The van der Waals surface area contributed by atoms with Gasteiger partial charge in [-0.2, -0.15) is 4.98 Å². The fraction of sp³-hybridized carbons (Fsp3) is 0.421. The molecule has 4 aromatic rings. The highest BCUT2D eigenvalue weighted by Gasteiger charge is 2.32. The van der Waals surface area contributed by atoms with Crippen LogP contribution in [0.4, 0.5) is 11.8 Å². The summed E-state index contributed by atoms with van der Waals surface area (Å²) in [5.74, 6) is 0.585. The van der Waals surface area contributed by atoms with Crippen LogP contribution in [0.1, 0.15) is 67.2 Å². The average Bonchev–Trinajstić information content (AvgIpc) is 3.08. The van der Waals surface area contributed by atoms with Crippen LogP contribution in [0.2, 0.25) is 0 Å². The molecule has 1 saturated heterocycles. The first-order valence-electron chi connectivity index (χ1n) is 17.1. The zero-order valence-electron chi connectivity index (χ0n) is 29.6. The Labute approximate surface area is 295 Å². The third-order valence-electron chi connectivity index (χ3n) is 9.25. The normalized spacial score (nSPS) is 18.2. The Balaban J connectivity index is 1.44. The van der Waals surface area contributed by atoms with Crippen molar-refractivity contribution in [3.63, 3.8) is 0 Å². The van der Waals surface area contributed by atoms with Crippen molar-refractivity contribution in [1.82, 2.24) is 19.9 Å². The van der Waals surface area contributed by atoms with Gasteiger partial charge in [0.2, 0.25) is 11.8 Å². The maximum Gasteiger partial charge on any atom is 0.264 e. The number of sulfonamides is 1. The van der Waals surface area contributed by atoms with E-state index in [1.807, 2.05) is 57.3 Å². The summed E-state index contributed by atoms with van der Waals surface area (Å²) in [6.07, 6.45) is 2.43. The number of amides is 1. The van der Waals surface area contributed by atoms with Crippen molar-refractivity contribution in [3.05, 3.63) is 89.1 Å². The molecule has 0 aliphatic carbocycles. The van der Waals surface area contributed by atoms with Crippen molar-refractivity contribution in [1.29, 1.82) is 0 Å². The third-order valence-corrected chi connectivity index (χ3v) is 10.6. The first kappa shape index (κ1) is 35.3. The molecule has 0 spiro atoms. The van der Waals surface area contributed by atoms with Crippen LogP contribution in [0.15, 0.2) is 71.6 Å². The molecule has 0 saturated carbocycles. The van der Waals surface area contributed by atoms with Crippen molar-refractivity contribution in [2.45, 2.75) is 77.4 Å². The third kappa shape index (κ3) is 8.08. The Morgan fingerprint density at radius 3 is 2.36 bits per heavy atom. The average molecular weight is 699 g/mol. The highest BCUT2D eigenvalue weighted by Crippen LogP contribution is 2.32. The van der Waals surface area contributed by atoms with Gasteiger partial charge in [0.25, 0.3) is 15.9 Å². The first-order chi connectivity index (χ1) is 23.8. The number of hydrogen-bond acceptors (Lipinski definition) is 9. The minimum atomic E-state index is -4.17. The maximum atomic E-state index is 14.6. The number of pyridine rings is 1. The van der Waals surface area contributed by atoms with Gasteiger partial charge in [-0.1, -0.05) is 51.1 Å². The second-order valence-electron chi connectivity index (χ2n) is 14.4. The molecule has 264 valence electrons. The second kappa shape index (κ2) is 14.4. The summed E-state index contributed by atoms with van der Waals surface area (Å²) in [5.41, 5.74) is 4.12. The largest absolute Gasteiger partial charge is 0.475 e. The highest BCUT2D eigenvalue weighted by molar-refractivity contribution is 7.92. The van der Waals surface area contributed by atoms with E-state index >= 15 is 0 Å². The van der Waals surface area contributed by atoms with Crippen LogP contribution in [-0.2, 0) is 21.3 Å². The van der Waals surface area contributed by atoms with Gasteiger partial charge in [0.15, 0.2) is 0 Å². The molecule has 0 radical (unpaired) electrons. The molecular formula is C38H46N6O5S. The van der Waals surface area contributed by atoms with E-state index in [1.54, 1.807) is 23.1 Å². The predicted molar refractivity (Wildman–Crippen MR) is 194 cm³/mol. The van der Waals surface area contributed by atoms with E-state index in [0.717, 1.165) is 48.6 Å². The summed E-state index contributed by atoms with van der Waals surface area (Å²) >= 11 is 0. The lowest BCUT2D eigenvalue weighted by Crippen LogP contribution is -2.45. The minimum Gasteiger partial charge on any atom is -0.475 e. The number of aromatic nitrogens is 3. The van der Waals surface area contributed by atoms with E-state index in [0.29, 0.717) is 23.9 Å². The number of aryl methyl sites for hydroxylation is 2. The molecule has 1 fully saturated rings. The molecule has 2 aliphatic heterocycles. The quantitative estimate of drug-likeness (QED) is 0.243. The second-order valence-corrected chi connectivity index (χ2v) is 16.1. The SMILES string of the molecule is Cc1cccc(C)c1-c1cc2nc(n1)NS(=O)(=O)c1cccc(c1)C(=O)N(Cc1cccc(N(C)C3CCOCC3)n1)[C@H](CC(C)(C)C)CO2. The monoisotopic (exact) mass is 698 g/mol. The fourth-order valence-corrected chi connectivity index (χ4v) is 7.72. The van der Waals surface area contributed by atoms with E-state index < -0.39 is 16.1 Å². The number of ether oxygens (including phenoxy) is 2. The van der Waals surface area contributed by atoms with E-state index in [2.05, 4.69) is 40.4 Å². The molecule has 1 atom stereocenters. The van der Waals surface area contributed by atoms with Gasteiger partial charge in [-0.25, -0.2) is 23.1 Å². The number of hydrogen-bond donors (Lipinski definition) is 1. The lowest BCUT2D eigenvalue weighted by atomic mass is 9.87. The van der Waals surface area contributed by atoms with Gasteiger partial charge < -0.3 is 19.3 Å². The van der Waals surface area contributed by atoms with E-state index in [9.17, 15) is 13.2 Å². The van der Waals surface area contributed by atoms with Gasteiger partial charge in [0, 0.05) is 43.5 Å². The van der Waals surface area contributed by atoms with Gasteiger partial charge in [0.1, 0.15) is 12.4 Å². The molecular weight excluding hydrogens is 653 g/mol. The standard InChI is InChI=1S/C38H46N6O5S/c1-25-10-7-11-26(2)35(25)32-21-34-41-37(40-32)42-50(46,47)31-14-8-12-27(20-31)36(45)44(30(24-49-34)22-38(3,4)5)23-28-13-9-15-33(39-28)43(6)29-16-18-48-19-17-29/h7-15,20-21,29-30H,16-19,22-24H2,1-6H3,(H,40,41,42)/t30-/m1/s1. The Morgan fingerprint density at radius 1 is 0.940 bits per heavy atom. The first-order valence-corrected chi connectivity index (χ1v) is 18.5. The summed E-state index contributed by atoms with van der Waals surface area (Å²) in [6.45, 7) is 12.1. The van der Waals surface area contributed by atoms with Crippen molar-refractivity contribution >= 4 is 27.7 Å². The zero-order chi connectivity index (χ0) is 35.6. The molecule has 2 aromatic heterocycles. The van der Waals surface area contributed by atoms with E-state index in [-0.39, 0.29) is 46.8 Å². The number of carbonyl (C=O) groups is 1. The molecule has 50 heavy (non-hydrogen) atoms. The van der Waals surface area contributed by atoms with Crippen LogP contribution in [-0.4, -0.2) is 73.1 Å². The van der Waals surface area contributed by atoms with Gasteiger partial charge >= 0.3 is 0 Å². The van der Waals surface area contributed by atoms with Crippen LogP contribution in [0.3, 0.4) is 0 Å². The smallest absolute Gasteiger partial charge is 0.264 e. The molecule has 1 N–H and O–H groups in total. The topological polar surface area (TPSA) is 127 Å². The Hall–Kier alpha value is -4.55. The number of carbonyl (C=O) groups excluding carboxylic acids is 1. The molecule has 12 heteroatoms. The summed E-state index contributed by atoms with van der Waals surface area (Å²) in [4.78, 5) is 32.6. The highest BCUT2D eigenvalue weighted by atomic mass is 32.2. The van der Waals surface area contributed by atoms with Crippen LogP contribution < -0.4 is 14.4 Å². The van der Waals surface area contributed by atoms with Crippen molar-refractivity contribution < 1.29 is 22.7 Å². The van der Waals surface area contributed by atoms with Gasteiger partial charge in [-0.3, -0.25) is 4.79 Å². The summed E-state index contributed by atoms with van der Waals surface area (Å²) in [5, 5.41) is 0.